The van der Waals surface area contributed by atoms with Gasteiger partial charge < -0.3 is 15.1 Å². The maximum absolute atomic E-state index is 11.9. The Morgan fingerprint density at radius 1 is 1.13 bits per heavy atom. The van der Waals surface area contributed by atoms with Crippen LogP contribution in [0.25, 0.3) is 0 Å². The molecule has 166 valence electrons. The van der Waals surface area contributed by atoms with E-state index in [1.165, 1.54) is 19.3 Å². The van der Waals surface area contributed by atoms with Gasteiger partial charge in [-0.15, -0.1) is 0 Å². The highest BCUT2D eigenvalue weighted by molar-refractivity contribution is 6.43. The lowest BCUT2D eigenvalue weighted by molar-refractivity contribution is -0.117. The van der Waals surface area contributed by atoms with Crippen molar-refractivity contribution in [1.82, 2.24) is 15.1 Å². The number of piperazine rings is 1. The normalized spacial score (nSPS) is 23.0. The predicted octanol–water partition coefficient (Wildman–Crippen LogP) is 4.26. The van der Waals surface area contributed by atoms with Gasteiger partial charge in [-0.25, -0.2) is 0 Å². The molecule has 2 fully saturated rings. The van der Waals surface area contributed by atoms with E-state index in [9.17, 15) is 4.79 Å². The molecule has 0 radical (unpaired) electrons. The quantitative estimate of drug-likeness (QED) is 0.627. The number of anilines is 1. The van der Waals surface area contributed by atoms with Gasteiger partial charge in [0.2, 0.25) is 5.91 Å². The summed E-state index contributed by atoms with van der Waals surface area (Å²) >= 11 is 12.5. The molecule has 1 N–H and O–H groups in total. The summed E-state index contributed by atoms with van der Waals surface area (Å²) in [6.45, 7) is 5.25. The summed E-state index contributed by atoms with van der Waals surface area (Å²) in [5.74, 6) is 0.792. The number of rotatable bonds is 7. The van der Waals surface area contributed by atoms with Crippen LogP contribution in [-0.2, 0) is 4.79 Å². The zero-order valence-corrected chi connectivity index (χ0v) is 19.6. The van der Waals surface area contributed by atoms with E-state index < -0.39 is 0 Å². The minimum Gasteiger partial charge on any atom is -0.383 e. The Bertz CT molecular complexity index is 724. The average molecular weight is 453 g/mol. The zero-order valence-electron chi connectivity index (χ0n) is 18.1. The fraction of sp³-hybridized carbons (Fsp3) is 0.609. The fourth-order valence-corrected chi connectivity index (χ4v) is 4.79. The smallest absolute Gasteiger partial charge is 0.245 e. The van der Waals surface area contributed by atoms with Gasteiger partial charge in [-0.05, 0) is 56.7 Å². The third-order valence-corrected chi connectivity index (χ3v) is 7.02. The number of hydrogen-bond acceptors (Lipinski definition) is 4. The summed E-state index contributed by atoms with van der Waals surface area (Å²) in [6, 6.07) is 6.18. The van der Waals surface area contributed by atoms with Crippen molar-refractivity contribution in [3.63, 3.8) is 0 Å². The highest BCUT2D eigenvalue weighted by atomic mass is 35.5. The molecule has 1 saturated heterocycles. The Kier molecular flexibility index (Phi) is 8.72. The summed E-state index contributed by atoms with van der Waals surface area (Å²) in [5.41, 5.74) is 1.05. The van der Waals surface area contributed by atoms with Crippen LogP contribution in [0.2, 0.25) is 10.0 Å². The number of nitrogens with zero attached hydrogens (tertiary/aromatic N) is 3. The second-order valence-electron chi connectivity index (χ2n) is 8.70. The van der Waals surface area contributed by atoms with Crippen LogP contribution < -0.4 is 10.2 Å². The molecule has 1 saturated carbocycles. The second-order valence-corrected chi connectivity index (χ2v) is 9.48. The van der Waals surface area contributed by atoms with Gasteiger partial charge in [-0.2, -0.15) is 0 Å². The number of amides is 1. The molecule has 0 bridgehead atoms. The molecule has 2 aliphatic rings. The molecule has 3 rings (SSSR count). The number of hydrogen-bond donors (Lipinski definition) is 1. The van der Waals surface area contributed by atoms with Crippen molar-refractivity contribution in [3.05, 3.63) is 40.5 Å². The Balaban J connectivity index is 1.34. The highest BCUT2D eigenvalue weighted by Gasteiger charge is 2.24. The Morgan fingerprint density at radius 3 is 2.50 bits per heavy atom. The molecular formula is C23H34Cl2N4O. The Morgan fingerprint density at radius 2 is 1.83 bits per heavy atom. The SMILES string of the molecule is CN(C)C=CC(=O)NC1CCC(CCN2CCN(c3cccc(Cl)c3Cl)CC2)CC1. The minimum atomic E-state index is 0.0184. The van der Waals surface area contributed by atoms with Gasteiger partial charge in [-0.3, -0.25) is 9.69 Å². The van der Waals surface area contributed by atoms with Gasteiger partial charge in [-0.1, -0.05) is 29.3 Å². The lowest BCUT2D eigenvalue weighted by atomic mass is 9.84. The topological polar surface area (TPSA) is 38.8 Å². The van der Waals surface area contributed by atoms with Gasteiger partial charge in [0.05, 0.1) is 15.7 Å². The molecule has 1 aliphatic carbocycles. The van der Waals surface area contributed by atoms with E-state index in [-0.39, 0.29) is 5.91 Å². The zero-order chi connectivity index (χ0) is 21.5. The van der Waals surface area contributed by atoms with Crippen LogP contribution in [-0.4, -0.2) is 68.6 Å². The largest absolute Gasteiger partial charge is 0.383 e. The van der Waals surface area contributed by atoms with E-state index in [0.717, 1.165) is 57.2 Å². The Hall–Kier alpha value is -1.43. The highest BCUT2D eigenvalue weighted by Crippen LogP contribution is 2.33. The van der Waals surface area contributed by atoms with Gasteiger partial charge in [0.1, 0.15) is 0 Å². The molecule has 7 heteroatoms. The molecule has 0 atom stereocenters. The maximum atomic E-state index is 11.9. The monoisotopic (exact) mass is 452 g/mol. The predicted molar refractivity (Wildman–Crippen MR) is 126 cm³/mol. The third-order valence-electron chi connectivity index (χ3n) is 6.21. The number of carbonyl (C=O) groups is 1. The minimum absolute atomic E-state index is 0.0184. The molecule has 1 amide bonds. The van der Waals surface area contributed by atoms with E-state index in [1.54, 1.807) is 12.3 Å². The first kappa shape index (κ1) is 23.2. The summed E-state index contributed by atoms with van der Waals surface area (Å²) in [5, 5.41) is 4.42. The Labute approximate surface area is 191 Å². The van der Waals surface area contributed by atoms with Crippen molar-refractivity contribution in [2.45, 2.75) is 38.1 Å². The van der Waals surface area contributed by atoms with Crippen molar-refractivity contribution in [2.24, 2.45) is 5.92 Å². The van der Waals surface area contributed by atoms with Crippen LogP contribution in [0.4, 0.5) is 5.69 Å². The van der Waals surface area contributed by atoms with Gasteiger partial charge in [0.25, 0.3) is 0 Å². The summed E-state index contributed by atoms with van der Waals surface area (Å²) in [7, 11) is 3.84. The second kappa shape index (κ2) is 11.3. The number of halogens is 2. The fourth-order valence-electron chi connectivity index (χ4n) is 4.38. The van der Waals surface area contributed by atoms with Crippen LogP contribution in [0.3, 0.4) is 0 Å². The van der Waals surface area contributed by atoms with Crippen molar-refractivity contribution in [1.29, 1.82) is 0 Å². The summed E-state index contributed by atoms with van der Waals surface area (Å²) in [6.07, 6.45) is 9.25. The van der Waals surface area contributed by atoms with Gasteiger partial charge >= 0.3 is 0 Å². The van der Waals surface area contributed by atoms with Crippen molar-refractivity contribution < 1.29 is 4.79 Å². The van der Waals surface area contributed by atoms with E-state index in [1.807, 2.05) is 31.1 Å². The van der Waals surface area contributed by atoms with Gasteiger partial charge in [0, 0.05) is 58.6 Å². The molecular weight excluding hydrogens is 419 g/mol. The number of carbonyl (C=O) groups excluding carboxylic acids is 1. The molecule has 1 aromatic rings. The molecule has 30 heavy (non-hydrogen) atoms. The third kappa shape index (κ3) is 6.79. The van der Waals surface area contributed by atoms with Crippen molar-refractivity contribution in [3.8, 4) is 0 Å². The molecule has 0 aromatic heterocycles. The van der Waals surface area contributed by atoms with Crippen molar-refractivity contribution >= 4 is 34.8 Å². The first-order valence-electron chi connectivity index (χ1n) is 11.0. The molecule has 1 aromatic carbocycles. The van der Waals surface area contributed by atoms with E-state index in [4.69, 9.17) is 23.2 Å². The van der Waals surface area contributed by atoms with Crippen molar-refractivity contribution in [2.75, 3.05) is 51.7 Å². The molecule has 0 spiro atoms. The lowest BCUT2D eigenvalue weighted by Gasteiger charge is -2.37. The maximum Gasteiger partial charge on any atom is 0.245 e. The van der Waals surface area contributed by atoms with Crippen LogP contribution in [0, 0.1) is 5.92 Å². The number of nitrogens with one attached hydrogen (secondary N) is 1. The van der Waals surface area contributed by atoms with Gasteiger partial charge in [0.15, 0.2) is 0 Å². The molecule has 5 nitrogen and oxygen atoms in total. The standard InChI is InChI=1S/C23H34Cl2N4O/c1-27(2)12-11-22(30)26-19-8-6-18(7-9-19)10-13-28-14-16-29(17-15-28)21-5-3-4-20(24)23(21)25/h3-5,11-12,18-19H,6-10,13-17H2,1-2H3,(H,26,30). The average Bonchev–Trinajstić information content (AvgIpc) is 2.74. The van der Waals surface area contributed by atoms with E-state index >= 15 is 0 Å². The van der Waals surface area contributed by atoms with Crippen LogP contribution in [0.5, 0.6) is 0 Å². The first-order chi connectivity index (χ1) is 14.4. The summed E-state index contributed by atoms with van der Waals surface area (Å²) < 4.78 is 0. The first-order valence-corrected chi connectivity index (χ1v) is 11.7. The van der Waals surface area contributed by atoms with Crippen LogP contribution in [0.15, 0.2) is 30.5 Å². The molecule has 1 heterocycles. The van der Waals surface area contributed by atoms with E-state index in [0.29, 0.717) is 16.1 Å². The lowest BCUT2D eigenvalue weighted by Crippen LogP contribution is -2.47. The van der Waals surface area contributed by atoms with Crippen LogP contribution >= 0.6 is 23.2 Å². The number of benzene rings is 1. The summed E-state index contributed by atoms with van der Waals surface area (Å²) in [4.78, 5) is 18.7. The molecule has 0 unspecified atom stereocenters. The van der Waals surface area contributed by atoms with Crippen LogP contribution in [0.1, 0.15) is 32.1 Å². The molecule has 1 aliphatic heterocycles. The van der Waals surface area contributed by atoms with E-state index in [2.05, 4.69) is 21.2 Å².